The molecule has 3 rings (SSSR count). The molecule has 0 bridgehead atoms. The van der Waals surface area contributed by atoms with Gasteiger partial charge in [-0.15, -0.1) is 0 Å². The molecule has 1 saturated carbocycles. The molecule has 134 valence electrons. The summed E-state index contributed by atoms with van der Waals surface area (Å²) in [4.78, 5) is 24.5. The normalized spacial score (nSPS) is 15.2. The number of fused-ring (bicyclic) bond motifs is 1. The molecule has 1 atom stereocenters. The van der Waals surface area contributed by atoms with Gasteiger partial charge in [0.1, 0.15) is 11.3 Å². The Balaban J connectivity index is 1.74. The van der Waals surface area contributed by atoms with Crippen LogP contribution in [0, 0.1) is 12.8 Å². The van der Waals surface area contributed by atoms with Crippen LogP contribution in [0.1, 0.15) is 30.4 Å². The lowest BCUT2D eigenvalue weighted by Gasteiger charge is -2.16. The molecule has 0 radical (unpaired) electrons. The van der Waals surface area contributed by atoms with Crippen molar-refractivity contribution in [2.24, 2.45) is 11.7 Å². The lowest BCUT2D eigenvalue weighted by atomic mass is 10.0. The molecule has 6 heteroatoms. The minimum Gasteiger partial charge on any atom is -0.497 e. The van der Waals surface area contributed by atoms with E-state index >= 15 is 0 Å². The van der Waals surface area contributed by atoms with E-state index in [0.29, 0.717) is 35.8 Å². The number of aryl methyl sites for hydroxylation is 1. The van der Waals surface area contributed by atoms with Crippen molar-refractivity contribution in [3.8, 4) is 5.75 Å². The molecule has 1 unspecified atom stereocenters. The van der Waals surface area contributed by atoms with Crippen LogP contribution in [0.2, 0.25) is 0 Å². The third-order valence-corrected chi connectivity index (χ3v) is 4.89. The maximum atomic E-state index is 12.3. The van der Waals surface area contributed by atoms with E-state index in [4.69, 9.17) is 14.9 Å². The molecule has 0 aliphatic heterocycles. The van der Waals surface area contributed by atoms with Crippen molar-refractivity contribution >= 4 is 16.9 Å². The number of carbonyl (C=O) groups excluding carboxylic acids is 1. The molecule has 0 saturated heterocycles. The van der Waals surface area contributed by atoms with Crippen molar-refractivity contribution in [3.05, 3.63) is 39.7 Å². The molecule has 1 heterocycles. The monoisotopic (exact) mass is 344 g/mol. The van der Waals surface area contributed by atoms with E-state index in [0.717, 1.165) is 23.8 Å². The second kappa shape index (κ2) is 7.27. The zero-order valence-corrected chi connectivity index (χ0v) is 14.6. The van der Waals surface area contributed by atoms with Crippen LogP contribution >= 0.6 is 0 Å². The standard InChI is InChI=1S/C19H24N2O4/c1-11-14-6-5-13(24-2)9-17(14)25-19(23)15(11)7-8-18(22)21-16(10-20)12-3-4-12/h5-6,9,12,16H,3-4,7-8,10,20H2,1-2H3,(H,21,22). The molecule has 2 aromatic rings. The Morgan fingerprint density at radius 2 is 2.20 bits per heavy atom. The van der Waals surface area contributed by atoms with Gasteiger partial charge in [-0.25, -0.2) is 4.79 Å². The second-order valence-corrected chi connectivity index (χ2v) is 6.60. The quantitative estimate of drug-likeness (QED) is 0.748. The molecule has 1 aromatic carbocycles. The predicted octanol–water partition coefficient (Wildman–Crippen LogP) is 1.90. The first-order valence-electron chi connectivity index (χ1n) is 8.63. The van der Waals surface area contributed by atoms with Crippen molar-refractivity contribution in [2.45, 2.75) is 38.6 Å². The number of methoxy groups -OCH3 is 1. The molecule has 1 amide bonds. The van der Waals surface area contributed by atoms with Crippen molar-refractivity contribution in [1.82, 2.24) is 5.32 Å². The van der Waals surface area contributed by atoms with Crippen LogP contribution in [0.3, 0.4) is 0 Å². The number of hydrogen-bond acceptors (Lipinski definition) is 5. The Hall–Kier alpha value is -2.34. The summed E-state index contributed by atoms with van der Waals surface area (Å²) in [5.41, 5.74) is 7.20. The van der Waals surface area contributed by atoms with Crippen molar-refractivity contribution < 1.29 is 13.9 Å². The molecular weight excluding hydrogens is 320 g/mol. The van der Waals surface area contributed by atoms with Gasteiger partial charge in [-0.1, -0.05) is 0 Å². The van der Waals surface area contributed by atoms with Gasteiger partial charge in [-0.05, 0) is 49.8 Å². The van der Waals surface area contributed by atoms with Crippen LogP contribution in [0.25, 0.3) is 11.0 Å². The van der Waals surface area contributed by atoms with Gasteiger partial charge in [0.2, 0.25) is 5.91 Å². The highest BCUT2D eigenvalue weighted by Gasteiger charge is 2.31. The lowest BCUT2D eigenvalue weighted by molar-refractivity contribution is -0.121. The van der Waals surface area contributed by atoms with Crippen molar-refractivity contribution in [1.29, 1.82) is 0 Å². The smallest absolute Gasteiger partial charge is 0.339 e. The Bertz CT molecular complexity index is 839. The van der Waals surface area contributed by atoms with Crippen LogP contribution in [0.15, 0.2) is 27.4 Å². The van der Waals surface area contributed by atoms with Crippen LogP contribution < -0.4 is 21.4 Å². The average Bonchev–Trinajstić information content (AvgIpc) is 3.43. The zero-order valence-electron chi connectivity index (χ0n) is 14.6. The Labute approximate surface area is 146 Å². The fourth-order valence-corrected chi connectivity index (χ4v) is 3.18. The van der Waals surface area contributed by atoms with E-state index < -0.39 is 5.63 Å². The largest absolute Gasteiger partial charge is 0.497 e. The number of nitrogens with one attached hydrogen (secondary N) is 1. The number of carbonyl (C=O) groups is 1. The fraction of sp³-hybridized carbons (Fsp3) is 0.474. The highest BCUT2D eigenvalue weighted by atomic mass is 16.5. The van der Waals surface area contributed by atoms with Gasteiger partial charge in [0.15, 0.2) is 0 Å². The van der Waals surface area contributed by atoms with E-state index in [9.17, 15) is 9.59 Å². The maximum absolute atomic E-state index is 12.3. The third-order valence-electron chi connectivity index (χ3n) is 4.89. The molecule has 1 aromatic heterocycles. The Kier molecular flexibility index (Phi) is 5.08. The first kappa shape index (κ1) is 17.5. The zero-order chi connectivity index (χ0) is 18.0. The van der Waals surface area contributed by atoms with Gasteiger partial charge in [-0.3, -0.25) is 4.79 Å². The van der Waals surface area contributed by atoms with Gasteiger partial charge in [0, 0.05) is 36.0 Å². The highest BCUT2D eigenvalue weighted by molar-refractivity contribution is 5.82. The first-order chi connectivity index (χ1) is 12.0. The summed E-state index contributed by atoms with van der Waals surface area (Å²) in [6.45, 7) is 2.33. The van der Waals surface area contributed by atoms with Crippen LogP contribution in [0.5, 0.6) is 5.75 Å². The molecule has 3 N–H and O–H groups in total. The molecule has 1 aliphatic rings. The van der Waals surface area contributed by atoms with Gasteiger partial charge in [0.25, 0.3) is 0 Å². The van der Waals surface area contributed by atoms with Crippen LogP contribution in [0.4, 0.5) is 0 Å². The van der Waals surface area contributed by atoms with Gasteiger partial charge in [-0.2, -0.15) is 0 Å². The Morgan fingerprint density at radius 3 is 2.84 bits per heavy atom. The minimum absolute atomic E-state index is 0.0501. The summed E-state index contributed by atoms with van der Waals surface area (Å²) >= 11 is 0. The van der Waals surface area contributed by atoms with Crippen molar-refractivity contribution in [2.75, 3.05) is 13.7 Å². The highest BCUT2D eigenvalue weighted by Crippen LogP contribution is 2.32. The lowest BCUT2D eigenvalue weighted by Crippen LogP contribution is -2.41. The molecular formula is C19H24N2O4. The number of benzene rings is 1. The molecule has 6 nitrogen and oxygen atoms in total. The second-order valence-electron chi connectivity index (χ2n) is 6.60. The topological polar surface area (TPSA) is 94.6 Å². The third kappa shape index (κ3) is 3.85. The molecule has 25 heavy (non-hydrogen) atoms. The van der Waals surface area contributed by atoms with Crippen LogP contribution in [-0.2, 0) is 11.2 Å². The summed E-state index contributed by atoms with van der Waals surface area (Å²) in [6, 6.07) is 5.44. The number of rotatable bonds is 7. The predicted molar refractivity (Wildman–Crippen MR) is 95.8 cm³/mol. The van der Waals surface area contributed by atoms with E-state index in [1.165, 1.54) is 0 Å². The van der Waals surface area contributed by atoms with E-state index in [2.05, 4.69) is 5.32 Å². The van der Waals surface area contributed by atoms with Crippen molar-refractivity contribution in [3.63, 3.8) is 0 Å². The minimum atomic E-state index is -0.399. The van der Waals surface area contributed by atoms with Gasteiger partial charge >= 0.3 is 5.63 Å². The van der Waals surface area contributed by atoms with E-state index in [1.54, 1.807) is 13.2 Å². The van der Waals surface area contributed by atoms with E-state index in [1.807, 2.05) is 19.1 Å². The number of ether oxygens (including phenoxy) is 1. The Morgan fingerprint density at radius 1 is 1.44 bits per heavy atom. The summed E-state index contributed by atoms with van der Waals surface area (Å²) in [6.07, 6.45) is 2.85. The molecule has 1 aliphatic carbocycles. The fourth-order valence-electron chi connectivity index (χ4n) is 3.18. The summed E-state index contributed by atoms with van der Waals surface area (Å²) in [5.74, 6) is 1.07. The van der Waals surface area contributed by atoms with Gasteiger partial charge in [0.05, 0.1) is 7.11 Å². The number of nitrogens with two attached hydrogens (primary N) is 1. The van der Waals surface area contributed by atoms with Gasteiger partial charge < -0.3 is 20.2 Å². The number of amides is 1. The van der Waals surface area contributed by atoms with Crippen LogP contribution in [-0.4, -0.2) is 25.6 Å². The molecule has 1 fully saturated rings. The van der Waals surface area contributed by atoms with E-state index in [-0.39, 0.29) is 18.4 Å². The SMILES string of the molecule is COc1ccc2c(C)c(CCC(=O)NC(CN)C3CC3)c(=O)oc2c1. The summed E-state index contributed by atoms with van der Waals surface area (Å²) in [7, 11) is 1.56. The summed E-state index contributed by atoms with van der Waals surface area (Å²) in [5, 5.41) is 3.83. The molecule has 0 spiro atoms. The maximum Gasteiger partial charge on any atom is 0.339 e. The number of hydrogen-bond donors (Lipinski definition) is 2. The first-order valence-corrected chi connectivity index (χ1v) is 8.63. The average molecular weight is 344 g/mol. The summed E-state index contributed by atoms with van der Waals surface area (Å²) < 4.78 is 10.6.